The molecule has 24 heavy (non-hydrogen) atoms. The number of carbonyl (C=O) groups is 2. The first kappa shape index (κ1) is 16.8. The monoisotopic (exact) mass is 362 g/mol. The number of aryl methyl sites for hydroxylation is 1. The van der Waals surface area contributed by atoms with E-state index in [0.717, 1.165) is 5.56 Å². The van der Waals surface area contributed by atoms with Gasteiger partial charge < -0.3 is 10.6 Å². The number of nitrogens with one attached hydrogen (secondary N) is 2. The molecule has 2 amide bonds. The molecule has 0 unspecified atom stereocenters. The molecule has 0 saturated heterocycles. The minimum absolute atomic E-state index is 0.313. The maximum absolute atomic E-state index is 12.6. The maximum Gasteiger partial charge on any atom is 0.240 e. The van der Waals surface area contributed by atoms with Crippen molar-refractivity contribution in [2.75, 3.05) is 10.6 Å². The van der Waals surface area contributed by atoms with Gasteiger partial charge in [-0.15, -0.1) is 0 Å². The fraction of sp³-hybridized carbons (Fsp3) is 0.222. The zero-order chi connectivity index (χ0) is 17.3. The molecule has 1 aliphatic rings. The number of halogens is 2. The predicted octanol–water partition coefficient (Wildman–Crippen LogP) is 4.66. The summed E-state index contributed by atoms with van der Waals surface area (Å²) in [6, 6.07) is 12.4. The zero-order valence-corrected chi connectivity index (χ0v) is 14.5. The molecule has 0 aromatic heterocycles. The summed E-state index contributed by atoms with van der Waals surface area (Å²) in [7, 11) is 0. The van der Waals surface area contributed by atoms with Crippen LogP contribution in [0.5, 0.6) is 0 Å². The van der Waals surface area contributed by atoms with E-state index in [9.17, 15) is 9.59 Å². The Bertz CT molecular complexity index is 779. The SMILES string of the molecule is Cc1ccc(NC(=O)C2(C(=O)Nc3c(Cl)cccc3Cl)CC2)cc1. The van der Waals surface area contributed by atoms with Crippen molar-refractivity contribution in [3.63, 3.8) is 0 Å². The summed E-state index contributed by atoms with van der Waals surface area (Å²) < 4.78 is 0. The highest BCUT2D eigenvalue weighted by atomic mass is 35.5. The molecule has 3 rings (SSSR count). The molecule has 2 aromatic rings. The van der Waals surface area contributed by atoms with E-state index in [1.807, 2.05) is 31.2 Å². The number of amides is 2. The van der Waals surface area contributed by atoms with Gasteiger partial charge in [-0.1, -0.05) is 47.0 Å². The summed E-state index contributed by atoms with van der Waals surface area (Å²) in [6.45, 7) is 1.97. The standard InChI is InChI=1S/C18H16Cl2N2O2/c1-11-5-7-12(8-6-11)21-16(23)18(9-10-18)17(24)22-15-13(19)3-2-4-14(15)20/h2-8H,9-10H2,1H3,(H,21,23)(H,22,24). The first-order valence-electron chi connectivity index (χ1n) is 7.56. The number of hydrogen-bond donors (Lipinski definition) is 2. The van der Waals surface area contributed by atoms with Crippen LogP contribution >= 0.6 is 23.2 Å². The van der Waals surface area contributed by atoms with Crippen molar-refractivity contribution < 1.29 is 9.59 Å². The smallest absolute Gasteiger partial charge is 0.240 e. The third-order valence-corrected chi connectivity index (χ3v) is 4.76. The van der Waals surface area contributed by atoms with Crippen molar-refractivity contribution in [1.82, 2.24) is 0 Å². The lowest BCUT2D eigenvalue weighted by Crippen LogP contribution is -2.35. The third kappa shape index (κ3) is 3.25. The lowest BCUT2D eigenvalue weighted by atomic mass is 10.0. The fourth-order valence-corrected chi connectivity index (χ4v) is 2.91. The van der Waals surface area contributed by atoms with Gasteiger partial charge in [0.1, 0.15) is 5.41 Å². The number of anilines is 2. The number of benzene rings is 2. The Balaban J connectivity index is 1.74. The Kier molecular flexibility index (Phi) is 4.52. The Hall–Kier alpha value is -2.04. The lowest BCUT2D eigenvalue weighted by Gasteiger charge is -2.17. The summed E-state index contributed by atoms with van der Waals surface area (Å²) in [5.74, 6) is -0.700. The predicted molar refractivity (Wildman–Crippen MR) is 96.6 cm³/mol. The molecular formula is C18H16Cl2N2O2. The van der Waals surface area contributed by atoms with Crippen molar-refractivity contribution in [3.8, 4) is 0 Å². The van der Waals surface area contributed by atoms with Crippen LogP contribution in [0.1, 0.15) is 18.4 Å². The molecule has 0 atom stereocenters. The minimum Gasteiger partial charge on any atom is -0.325 e. The second kappa shape index (κ2) is 6.46. The number of para-hydroxylation sites is 1. The van der Waals surface area contributed by atoms with Crippen LogP contribution < -0.4 is 10.6 Å². The van der Waals surface area contributed by atoms with Crippen molar-refractivity contribution in [2.24, 2.45) is 5.41 Å². The molecule has 0 radical (unpaired) electrons. The van der Waals surface area contributed by atoms with Crippen molar-refractivity contribution >= 4 is 46.4 Å². The molecule has 0 bridgehead atoms. The molecular weight excluding hydrogens is 347 g/mol. The molecule has 1 aliphatic carbocycles. The van der Waals surface area contributed by atoms with Crippen LogP contribution in [0.15, 0.2) is 42.5 Å². The van der Waals surface area contributed by atoms with Crippen LogP contribution in [0.3, 0.4) is 0 Å². The third-order valence-electron chi connectivity index (χ3n) is 4.13. The highest BCUT2D eigenvalue weighted by Gasteiger charge is 2.56. The van der Waals surface area contributed by atoms with E-state index in [1.165, 1.54) is 0 Å². The van der Waals surface area contributed by atoms with E-state index in [4.69, 9.17) is 23.2 Å². The van der Waals surface area contributed by atoms with E-state index in [2.05, 4.69) is 10.6 Å². The van der Waals surface area contributed by atoms with E-state index >= 15 is 0 Å². The first-order chi connectivity index (χ1) is 11.4. The van der Waals surface area contributed by atoms with Crippen molar-refractivity contribution in [2.45, 2.75) is 19.8 Å². The van der Waals surface area contributed by atoms with Gasteiger partial charge in [-0.2, -0.15) is 0 Å². The van der Waals surface area contributed by atoms with Gasteiger partial charge >= 0.3 is 0 Å². The van der Waals surface area contributed by atoms with E-state index in [-0.39, 0.29) is 11.8 Å². The average Bonchev–Trinajstić information content (AvgIpc) is 3.35. The van der Waals surface area contributed by atoms with Gasteiger partial charge in [-0.05, 0) is 44.0 Å². The quantitative estimate of drug-likeness (QED) is 0.777. The number of hydrogen-bond acceptors (Lipinski definition) is 2. The second-order valence-corrected chi connectivity index (χ2v) is 6.77. The molecule has 1 saturated carbocycles. The van der Waals surface area contributed by atoms with Gasteiger partial charge in [-0.25, -0.2) is 0 Å². The summed E-state index contributed by atoms with van der Waals surface area (Å²) in [5.41, 5.74) is 1.04. The molecule has 6 heteroatoms. The van der Waals surface area contributed by atoms with Crippen LogP contribution in [-0.2, 0) is 9.59 Å². The number of rotatable bonds is 4. The normalized spacial score (nSPS) is 14.8. The molecule has 124 valence electrons. The summed E-state index contributed by atoms with van der Waals surface area (Å²) in [4.78, 5) is 25.1. The van der Waals surface area contributed by atoms with Gasteiger partial charge in [0, 0.05) is 5.69 Å². The highest BCUT2D eigenvalue weighted by molar-refractivity contribution is 6.40. The summed E-state index contributed by atoms with van der Waals surface area (Å²) in [5, 5.41) is 6.17. The van der Waals surface area contributed by atoms with Gasteiger partial charge in [0.15, 0.2) is 0 Å². The Labute approximate surface area is 150 Å². The van der Waals surface area contributed by atoms with E-state index in [1.54, 1.807) is 18.2 Å². The molecule has 4 nitrogen and oxygen atoms in total. The lowest BCUT2D eigenvalue weighted by molar-refractivity contribution is -0.131. The van der Waals surface area contributed by atoms with E-state index in [0.29, 0.717) is 34.3 Å². The number of carbonyl (C=O) groups excluding carboxylic acids is 2. The molecule has 0 spiro atoms. The van der Waals surface area contributed by atoms with E-state index < -0.39 is 5.41 Å². The largest absolute Gasteiger partial charge is 0.325 e. The summed E-state index contributed by atoms with van der Waals surface area (Å²) >= 11 is 12.1. The van der Waals surface area contributed by atoms with Crippen molar-refractivity contribution in [3.05, 3.63) is 58.1 Å². The second-order valence-electron chi connectivity index (χ2n) is 5.95. The zero-order valence-electron chi connectivity index (χ0n) is 13.0. The summed E-state index contributed by atoms with van der Waals surface area (Å²) in [6.07, 6.45) is 0.997. The Morgan fingerprint density at radius 1 is 0.917 bits per heavy atom. The fourth-order valence-electron chi connectivity index (χ4n) is 2.42. The Morgan fingerprint density at radius 2 is 1.46 bits per heavy atom. The highest BCUT2D eigenvalue weighted by Crippen LogP contribution is 2.48. The van der Waals surface area contributed by atoms with Crippen molar-refractivity contribution in [1.29, 1.82) is 0 Å². The Morgan fingerprint density at radius 3 is 2.00 bits per heavy atom. The van der Waals surface area contributed by atoms with Gasteiger partial charge in [0.05, 0.1) is 15.7 Å². The topological polar surface area (TPSA) is 58.2 Å². The van der Waals surface area contributed by atoms with Gasteiger partial charge in [-0.3, -0.25) is 9.59 Å². The van der Waals surface area contributed by atoms with Gasteiger partial charge in [0.25, 0.3) is 0 Å². The maximum atomic E-state index is 12.6. The molecule has 2 N–H and O–H groups in total. The molecule has 2 aromatic carbocycles. The molecule has 0 aliphatic heterocycles. The molecule has 0 heterocycles. The van der Waals surface area contributed by atoms with Crippen LogP contribution in [0.4, 0.5) is 11.4 Å². The van der Waals surface area contributed by atoms with Crippen LogP contribution in [0.2, 0.25) is 10.0 Å². The van der Waals surface area contributed by atoms with Gasteiger partial charge in [0.2, 0.25) is 11.8 Å². The van der Waals surface area contributed by atoms with Crippen LogP contribution in [0, 0.1) is 12.3 Å². The van der Waals surface area contributed by atoms with Crippen LogP contribution in [-0.4, -0.2) is 11.8 Å². The minimum atomic E-state index is -1.06. The molecule has 1 fully saturated rings. The first-order valence-corrected chi connectivity index (χ1v) is 8.31. The average molecular weight is 363 g/mol. The van der Waals surface area contributed by atoms with Crippen LogP contribution in [0.25, 0.3) is 0 Å².